The summed E-state index contributed by atoms with van der Waals surface area (Å²) in [5.41, 5.74) is 4.04. The topological polar surface area (TPSA) is 20.2 Å². The summed E-state index contributed by atoms with van der Waals surface area (Å²) in [6.45, 7) is 3.83. The van der Waals surface area contributed by atoms with Gasteiger partial charge in [0.15, 0.2) is 0 Å². The molecule has 0 aromatic heterocycles. The third kappa shape index (κ3) is 2.82. The maximum absolute atomic E-state index is 9.73. The minimum absolute atomic E-state index is 0.382. The lowest BCUT2D eigenvalue weighted by molar-refractivity contribution is 0.467. The minimum atomic E-state index is 0.382. The Morgan fingerprint density at radius 1 is 1.00 bits per heavy atom. The molecule has 0 aliphatic carbocycles. The molecule has 0 heterocycles. The van der Waals surface area contributed by atoms with E-state index < -0.39 is 0 Å². The highest BCUT2D eigenvalue weighted by Crippen LogP contribution is 2.24. The van der Waals surface area contributed by atoms with Crippen LogP contribution in [0.4, 0.5) is 0 Å². The summed E-state index contributed by atoms with van der Waals surface area (Å²) in [5, 5.41) is 9.73. The number of phenols is 1. The lowest BCUT2D eigenvalue weighted by atomic mass is 10.0. The number of hydrogen-bond acceptors (Lipinski definition) is 1. The Hall–Kier alpha value is -1.54. The Kier molecular flexibility index (Phi) is 3.87. The maximum Gasteiger partial charge on any atom is 0.121 e. The van der Waals surface area contributed by atoms with Gasteiger partial charge >= 0.3 is 0 Å². The van der Waals surface area contributed by atoms with Crippen molar-refractivity contribution in [3.05, 3.63) is 63.1 Å². The molecule has 0 fully saturated rings. The summed E-state index contributed by atoms with van der Waals surface area (Å²) in [6, 6.07) is 12.0. The number of halogens is 1. The third-order valence-corrected chi connectivity index (χ3v) is 3.60. The molecule has 0 saturated carbocycles. The molecule has 0 bridgehead atoms. The average Bonchev–Trinajstić information content (AvgIpc) is 2.35. The molecule has 0 amide bonds. The Labute approximate surface area is 116 Å². The standard InChI is InChI=1S/C16H15BrO/c1-11-9-13(10-12(2)16(11)18)7-8-14-5-3-4-6-15(14)17/h3-10,18H,1-2H3/b8-7+. The molecule has 18 heavy (non-hydrogen) atoms. The molecular weight excluding hydrogens is 288 g/mol. The van der Waals surface area contributed by atoms with Crippen LogP contribution in [-0.2, 0) is 0 Å². The molecule has 2 aromatic rings. The second-order valence-corrected chi connectivity index (χ2v) is 5.21. The monoisotopic (exact) mass is 302 g/mol. The van der Waals surface area contributed by atoms with Crippen molar-refractivity contribution in [1.82, 2.24) is 0 Å². The number of rotatable bonds is 2. The van der Waals surface area contributed by atoms with Gasteiger partial charge in [0.25, 0.3) is 0 Å². The molecule has 2 heteroatoms. The summed E-state index contributed by atoms with van der Waals surface area (Å²) in [6.07, 6.45) is 4.12. The van der Waals surface area contributed by atoms with Gasteiger partial charge < -0.3 is 5.11 Å². The Balaban J connectivity index is 2.33. The number of phenolic OH excluding ortho intramolecular Hbond substituents is 1. The van der Waals surface area contributed by atoms with E-state index in [1.165, 1.54) is 0 Å². The molecule has 0 aliphatic rings. The van der Waals surface area contributed by atoms with Crippen LogP contribution in [0.15, 0.2) is 40.9 Å². The van der Waals surface area contributed by atoms with Crippen molar-refractivity contribution in [1.29, 1.82) is 0 Å². The second-order valence-electron chi connectivity index (χ2n) is 4.36. The van der Waals surface area contributed by atoms with E-state index in [0.717, 1.165) is 26.7 Å². The van der Waals surface area contributed by atoms with E-state index in [9.17, 15) is 5.11 Å². The molecule has 1 N–H and O–H groups in total. The normalized spacial score (nSPS) is 11.1. The van der Waals surface area contributed by atoms with Crippen molar-refractivity contribution in [3.8, 4) is 5.75 Å². The fourth-order valence-electron chi connectivity index (χ4n) is 1.88. The molecular formula is C16H15BrO. The molecule has 0 radical (unpaired) electrons. The van der Waals surface area contributed by atoms with Crippen molar-refractivity contribution in [2.24, 2.45) is 0 Å². The van der Waals surface area contributed by atoms with E-state index in [1.54, 1.807) is 0 Å². The van der Waals surface area contributed by atoms with Crippen LogP contribution in [0.3, 0.4) is 0 Å². The van der Waals surface area contributed by atoms with E-state index in [-0.39, 0.29) is 0 Å². The minimum Gasteiger partial charge on any atom is -0.507 e. The lowest BCUT2D eigenvalue weighted by Crippen LogP contribution is -1.83. The zero-order chi connectivity index (χ0) is 13.1. The van der Waals surface area contributed by atoms with E-state index in [4.69, 9.17) is 0 Å². The van der Waals surface area contributed by atoms with Crippen LogP contribution in [0.25, 0.3) is 12.2 Å². The first-order valence-corrected chi connectivity index (χ1v) is 6.60. The maximum atomic E-state index is 9.73. The summed E-state index contributed by atoms with van der Waals surface area (Å²) in [4.78, 5) is 0. The largest absolute Gasteiger partial charge is 0.507 e. The highest BCUT2D eigenvalue weighted by Gasteiger charge is 2.01. The van der Waals surface area contributed by atoms with Gasteiger partial charge in [-0.1, -0.05) is 46.3 Å². The summed E-state index contributed by atoms with van der Waals surface area (Å²) < 4.78 is 1.08. The molecule has 92 valence electrons. The summed E-state index contributed by atoms with van der Waals surface area (Å²) in [7, 11) is 0. The van der Waals surface area contributed by atoms with E-state index in [0.29, 0.717) is 5.75 Å². The number of benzene rings is 2. The molecule has 0 unspecified atom stereocenters. The Morgan fingerprint density at radius 3 is 2.22 bits per heavy atom. The van der Waals surface area contributed by atoms with Crippen LogP contribution in [0.2, 0.25) is 0 Å². The first-order chi connectivity index (χ1) is 8.58. The first-order valence-electron chi connectivity index (χ1n) is 5.81. The number of hydrogen-bond donors (Lipinski definition) is 1. The molecule has 0 atom stereocenters. The van der Waals surface area contributed by atoms with Crippen molar-refractivity contribution in [2.75, 3.05) is 0 Å². The van der Waals surface area contributed by atoms with Crippen molar-refractivity contribution >= 4 is 28.1 Å². The van der Waals surface area contributed by atoms with Crippen molar-refractivity contribution in [3.63, 3.8) is 0 Å². The highest BCUT2D eigenvalue weighted by molar-refractivity contribution is 9.10. The smallest absolute Gasteiger partial charge is 0.121 e. The van der Waals surface area contributed by atoms with Gasteiger partial charge in [-0.15, -0.1) is 0 Å². The molecule has 1 nitrogen and oxygen atoms in total. The molecule has 0 aliphatic heterocycles. The van der Waals surface area contributed by atoms with Gasteiger partial charge in [-0.05, 0) is 54.3 Å². The van der Waals surface area contributed by atoms with Gasteiger partial charge in [0.1, 0.15) is 5.75 Å². The predicted molar refractivity (Wildman–Crippen MR) is 80.7 cm³/mol. The predicted octanol–water partition coefficient (Wildman–Crippen LogP) is 4.94. The van der Waals surface area contributed by atoms with Gasteiger partial charge in [0.2, 0.25) is 0 Å². The molecule has 0 spiro atoms. The quantitative estimate of drug-likeness (QED) is 0.779. The molecule has 0 saturated heterocycles. The Bertz CT molecular complexity index is 577. The third-order valence-electron chi connectivity index (χ3n) is 2.87. The fraction of sp³-hybridized carbons (Fsp3) is 0.125. The van der Waals surface area contributed by atoms with Gasteiger partial charge in [-0.2, -0.15) is 0 Å². The zero-order valence-corrected chi connectivity index (χ0v) is 12.0. The molecule has 2 aromatic carbocycles. The number of aryl methyl sites for hydroxylation is 2. The van der Waals surface area contributed by atoms with Crippen LogP contribution in [0, 0.1) is 13.8 Å². The van der Waals surface area contributed by atoms with Crippen LogP contribution < -0.4 is 0 Å². The van der Waals surface area contributed by atoms with E-state index >= 15 is 0 Å². The van der Waals surface area contributed by atoms with Crippen LogP contribution in [0.1, 0.15) is 22.3 Å². The fourth-order valence-corrected chi connectivity index (χ4v) is 2.30. The van der Waals surface area contributed by atoms with Gasteiger partial charge in [-0.3, -0.25) is 0 Å². The van der Waals surface area contributed by atoms with Gasteiger partial charge in [0, 0.05) is 4.47 Å². The van der Waals surface area contributed by atoms with Gasteiger partial charge in [-0.25, -0.2) is 0 Å². The lowest BCUT2D eigenvalue weighted by Gasteiger charge is -2.05. The van der Waals surface area contributed by atoms with Crippen LogP contribution in [0.5, 0.6) is 5.75 Å². The van der Waals surface area contributed by atoms with Crippen molar-refractivity contribution < 1.29 is 5.11 Å². The van der Waals surface area contributed by atoms with E-state index in [1.807, 2.05) is 44.2 Å². The zero-order valence-electron chi connectivity index (χ0n) is 10.4. The Morgan fingerprint density at radius 2 is 1.61 bits per heavy atom. The SMILES string of the molecule is Cc1cc(/C=C/c2ccccc2Br)cc(C)c1O. The summed E-state index contributed by atoms with van der Waals surface area (Å²) in [5.74, 6) is 0.382. The van der Waals surface area contributed by atoms with Gasteiger partial charge in [0.05, 0.1) is 0 Å². The summed E-state index contributed by atoms with van der Waals surface area (Å²) >= 11 is 3.52. The van der Waals surface area contributed by atoms with Crippen LogP contribution >= 0.6 is 15.9 Å². The van der Waals surface area contributed by atoms with Crippen molar-refractivity contribution in [2.45, 2.75) is 13.8 Å². The number of aromatic hydroxyl groups is 1. The molecule has 2 rings (SSSR count). The van der Waals surface area contributed by atoms with Crippen LogP contribution in [-0.4, -0.2) is 5.11 Å². The second kappa shape index (κ2) is 5.40. The highest BCUT2D eigenvalue weighted by atomic mass is 79.9. The average molecular weight is 303 g/mol. The first kappa shape index (κ1) is 12.9. The van der Waals surface area contributed by atoms with E-state index in [2.05, 4.69) is 34.1 Å².